The Balaban J connectivity index is 1.69. The number of ether oxygens (including phenoxy) is 1. The van der Waals surface area contributed by atoms with E-state index in [4.69, 9.17) is 27.9 Å². The van der Waals surface area contributed by atoms with Gasteiger partial charge in [0.05, 0.1) is 28.4 Å². The van der Waals surface area contributed by atoms with Crippen LogP contribution in [0.3, 0.4) is 0 Å². The molecule has 1 fully saturated rings. The molecular formula is C26H18Cl2N2O4S. The summed E-state index contributed by atoms with van der Waals surface area (Å²) in [6, 6.07) is 17.8. The van der Waals surface area contributed by atoms with E-state index in [0.29, 0.717) is 44.2 Å². The van der Waals surface area contributed by atoms with Crippen molar-refractivity contribution >= 4 is 67.3 Å². The fraction of sp³-hybridized carbons (Fsp3) is 0.115. The minimum atomic E-state index is -0.920. The number of hydrogen-bond donors (Lipinski definition) is 1. The van der Waals surface area contributed by atoms with Gasteiger partial charge in [-0.1, -0.05) is 46.7 Å². The van der Waals surface area contributed by atoms with E-state index in [2.05, 4.69) is 4.98 Å². The van der Waals surface area contributed by atoms with Crippen molar-refractivity contribution in [2.45, 2.75) is 13.0 Å². The van der Waals surface area contributed by atoms with Crippen LogP contribution in [0.4, 0.5) is 5.13 Å². The molecule has 176 valence electrons. The molecule has 5 rings (SSSR count). The summed E-state index contributed by atoms with van der Waals surface area (Å²) in [6.45, 7) is 2.37. The van der Waals surface area contributed by atoms with Crippen LogP contribution in [-0.2, 0) is 9.59 Å². The molecule has 0 spiro atoms. The molecule has 0 saturated carbocycles. The van der Waals surface area contributed by atoms with Gasteiger partial charge in [0.15, 0.2) is 5.13 Å². The first-order valence-corrected chi connectivity index (χ1v) is 12.3. The van der Waals surface area contributed by atoms with Gasteiger partial charge >= 0.3 is 5.91 Å². The quantitative estimate of drug-likeness (QED) is 0.180. The highest BCUT2D eigenvalue weighted by Gasteiger charge is 2.48. The van der Waals surface area contributed by atoms with Crippen LogP contribution in [0.5, 0.6) is 5.75 Å². The van der Waals surface area contributed by atoms with E-state index in [1.807, 2.05) is 6.92 Å². The molecule has 35 heavy (non-hydrogen) atoms. The molecule has 0 bridgehead atoms. The van der Waals surface area contributed by atoms with E-state index in [1.54, 1.807) is 66.7 Å². The Morgan fingerprint density at radius 3 is 2.51 bits per heavy atom. The zero-order chi connectivity index (χ0) is 24.7. The van der Waals surface area contributed by atoms with Crippen LogP contribution in [0.1, 0.15) is 24.1 Å². The maximum Gasteiger partial charge on any atom is 0.301 e. The molecular weight excluding hydrogens is 507 g/mol. The van der Waals surface area contributed by atoms with E-state index < -0.39 is 17.7 Å². The van der Waals surface area contributed by atoms with Gasteiger partial charge in [0.2, 0.25) is 0 Å². The molecule has 1 aliphatic heterocycles. The lowest BCUT2D eigenvalue weighted by atomic mass is 9.95. The number of nitrogens with zero attached hydrogens (tertiary/aromatic N) is 2. The minimum absolute atomic E-state index is 0.0429. The number of benzene rings is 3. The van der Waals surface area contributed by atoms with Gasteiger partial charge in [-0.15, -0.1) is 0 Å². The van der Waals surface area contributed by atoms with Gasteiger partial charge < -0.3 is 9.84 Å². The molecule has 9 heteroatoms. The van der Waals surface area contributed by atoms with Crippen molar-refractivity contribution in [3.8, 4) is 5.75 Å². The average Bonchev–Trinajstić information content (AvgIpc) is 3.37. The van der Waals surface area contributed by atoms with Crippen LogP contribution < -0.4 is 9.64 Å². The second-order valence-electron chi connectivity index (χ2n) is 7.79. The van der Waals surface area contributed by atoms with Crippen molar-refractivity contribution in [2.24, 2.45) is 0 Å². The van der Waals surface area contributed by atoms with E-state index in [-0.39, 0.29) is 11.3 Å². The Bertz CT molecular complexity index is 1500. The number of aliphatic hydroxyl groups is 1. The van der Waals surface area contributed by atoms with Gasteiger partial charge in [0.1, 0.15) is 11.5 Å². The zero-order valence-corrected chi connectivity index (χ0v) is 20.7. The highest BCUT2D eigenvalue weighted by atomic mass is 35.5. The first kappa shape index (κ1) is 23.4. The van der Waals surface area contributed by atoms with Gasteiger partial charge in [-0.2, -0.15) is 0 Å². The van der Waals surface area contributed by atoms with Crippen LogP contribution in [0.25, 0.3) is 16.0 Å². The summed E-state index contributed by atoms with van der Waals surface area (Å²) in [5.74, 6) is -1.25. The fourth-order valence-electron chi connectivity index (χ4n) is 4.04. The van der Waals surface area contributed by atoms with E-state index in [9.17, 15) is 14.7 Å². The molecule has 3 aromatic carbocycles. The van der Waals surface area contributed by atoms with Crippen LogP contribution in [-0.4, -0.2) is 28.4 Å². The summed E-state index contributed by atoms with van der Waals surface area (Å²) >= 11 is 13.6. The topological polar surface area (TPSA) is 79.7 Å². The lowest BCUT2D eigenvalue weighted by Gasteiger charge is -2.23. The molecule has 1 saturated heterocycles. The van der Waals surface area contributed by atoms with Crippen molar-refractivity contribution in [3.63, 3.8) is 0 Å². The number of aliphatic hydroxyl groups excluding tert-OH is 1. The predicted molar refractivity (Wildman–Crippen MR) is 138 cm³/mol. The van der Waals surface area contributed by atoms with Crippen molar-refractivity contribution < 1.29 is 19.4 Å². The number of thiazole rings is 1. The van der Waals surface area contributed by atoms with Gasteiger partial charge in [0.25, 0.3) is 5.78 Å². The maximum atomic E-state index is 13.3. The number of anilines is 1. The fourth-order valence-corrected chi connectivity index (χ4v) is 5.51. The van der Waals surface area contributed by atoms with Crippen molar-refractivity contribution in [1.29, 1.82) is 0 Å². The average molecular weight is 525 g/mol. The number of carbonyl (C=O) groups is 2. The predicted octanol–water partition coefficient (Wildman–Crippen LogP) is 6.63. The summed E-state index contributed by atoms with van der Waals surface area (Å²) < 4.78 is 6.23. The van der Waals surface area contributed by atoms with Crippen molar-refractivity contribution in [3.05, 3.63) is 93.5 Å². The summed E-state index contributed by atoms with van der Waals surface area (Å²) in [5.41, 5.74) is 1.56. The number of aromatic nitrogens is 1. The monoisotopic (exact) mass is 524 g/mol. The number of ketones is 1. The van der Waals surface area contributed by atoms with Gasteiger partial charge in [-0.05, 0) is 67.1 Å². The zero-order valence-electron chi connectivity index (χ0n) is 18.4. The standard InChI is InChI=1S/C26H18Cl2N2O4S/c1-2-34-18-9-6-14(7-10-18)23(31)21-22(15-4-3-5-16(27)12-15)30(25(33)24(21)32)26-29-19-11-8-17(28)13-20(19)35-26/h3-13,22,31H,2H2,1H3. The number of hydrogen-bond acceptors (Lipinski definition) is 6. The van der Waals surface area contributed by atoms with Gasteiger partial charge in [-0.3, -0.25) is 14.5 Å². The number of amides is 1. The highest BCUT2D eigenvalue weighted by Crippen LogP contribution is 2.45. The molecule has 6 nitrogen and oxygen atoms in total. The Labute approximate surface area is 215 Å². The first-order valence-electron chi connectivity index (χ1n) is 10.7. The third-order valence-electron chi connectivity index (χ3n) is 5.59. The van der Waals surface area contributed by atoms with E-state index >= 15 is 0 Å². The van der Waals surface area contributed by atoms with Gasteiger partial charge in [0, 0.05) is 15.6 Å². The summed E-state index contributed by atoms with van der Waals surface area (Å²) in [7, 11) is 0. The molecule has 1 aliphatic rings. The molecule has 1 atom stereocenters. The molecule has 1 unspecified atom stereocenters. The summed E-state index contributed by atoms with van der Waals surface area (Å²) in [4.78, 5) is 32.5. The lowest BCUT2D eigenvalue weighted by molar-refractivity contribution is -0.132. The molecule has 0 radical (unpaired) electrons. The lowest BCUT2D eigenvalue weighted by Crippen LogP contribution is -2.29. The van der Waals surface area contributed by atoms with E-state index in [0.717, 1.165) is 4.70 Å². The normalized spacial score (nSPS) is 17.3. The molecule has 1 aromatic heterocycles. The Morgan fingerprint density at radius 2 is 1.80 bits per heavy atom. The second kappa shape index (κ2) is 9.34. The number of Topliss-reactive ketones (excluding diaryl/α,β-unsaturated/α-hetero) is 1. The van der Waals surface area contributed by atoms with Gasteiger partial charge in [-0.25, -0.2) is 4.98 Å². The minimum Gasteiger partial charge on any atom is -0.507 e. The molecule has 0 aliphatic carbocycles. The maximum absolute atomic E-state index is 13.3. The van der Waals surface area contributed by atoms with Crippen LogP contribution >= 0.6 is 34.5 Å². The van der Waals surface area contributed by atoms with Crippen LogP contribution in [0, 0.1) is 0 Å². The number of carbonyl (C=O) groups excluding carboxylic acids is 2. The molecule has 4 aromatic rings. The van der Waals surface area contributed by atoms with Crippen molar-refractivity contribution in [1.82, 2.24) is 4.98 Å². The summed E-state index contributed by atoms with van der Waals surface area (Å²) in [6.07, 6.45) is 0. The van der Waals surface area contributed by atoms with Crippen LogP contribution in [0.2, 0.25) is 10.0 Å². The number of fused-ring (bicyclic) bond motifs is 1. The first-order chi connectivity index (χ1) is 16.9. The molecule has 1 amide bonds. The highest BCUT2D eigenvalue weighted by molar-refractivity contribution is 7.22. The largest absolute Gasteiger partial charge is 0.507 e. The van der Waals surface area contributed by atoms with Crippen molar-refractivity contribution in [2.75, 3.05) is 11.5 Å². The third-order valence-corrected chi connectivity index (χ3v) is 7.08. The second-order valence-corrected chi connectivity index (χ2v) is 9.67. The molecule has 1 N–H and O–H groups in total. The Hall–Kier alpha value is -3.39. The number of halogens is 2. The third kappa shape index (κ3) is 4.27. The van der Waals surface area contributed by atoms with Crippen LogP contribution in [0.15, 0.2) is 72.3 Å². The summed E-state index contributed by atoms with van der Waals surface area (Å²) in [5, 5.41) is 12.5. The Morgan fingerprint density at radius 1 is 1.06 bits per heavy atom. The SMILES string of the molecule is CCOc1ccc(C(O)=C2C(=O)C(=O)N(c3nc4ccc(Cl)cc4s3)C2c2cccc(Cl)c2)cc1. The Kier molecular flexibility index (Phi) is 6.23. The molecule has 2 heterocycles. The smallest absolute Gasteiger partial charge is 0.301 e. The number of rotatable bonds is 5. The van der Waals surface area contributed by atoms with E-state index in [1.165, 1.54) is 16.2 Å².